The van der Waals surface area contributed by atoms with Gasteiger partial charge in [0.2, 0.25) is 11.4 Å². The maximum absolute atomic E-state index is 8.49. The monoisotopic (exact) mass is 462 g/mol. The van der Waals surface area contributed by atoms with Crippen molar-refractivity contribution < 1.29 is 38.2 Å². The van der Waals surface area contributed by atoms with Crippen molar-refractivity contribution in [2.45, 2.75) is 26.9 Å². The first-order valence-corrected chi connectivity index (χ1v) is 11.7. The van der Waals surface area contributed by atoms with Crippen molar-refractivity contribution in [1.29, 1.82) is 0 Å². The van der Waals surface area contributed by atoms with Gasteiger partial charge < -0.3 is 9.30 Å². The highest BCUT2D eigenvalue weighted by molar-refractivity contribution is 7.18. The number of thiazole rings is 1. The summed E-state index contributed by atoms with van der Waals surface area (Å²) >= 11 is 1.83. The van der Waals surface area contributed by atoms with Crippen LogP contribution < -0.4 is 27.9 Å². The summed E-state index contributed by atoms with van der Waals surface area (Å²) in [4.78, 5) is 0. The number of aryl methyl sites for hydroxylation is 1. The molecule has 2 aromatic heterocycles. The van der Waals surface area contributed by atoms with Gasteiger partial charge in [0.1, 0.15) is 11.2 Å². The lowest BCUT2D eigenvalue weighted by Crippen LogP contribution is -2.68. The molecule has 0 atom stereocenters. The van der Waals surface area contributed by atoms with Gasteiger partial charge in [-0.3, -0.25) is 0 Å². The lowest BCUT2D eigenvalue weighted by molar-refractivity contribution is -2.00. The standard InChI is InChI=1S/C22H23N2OS.ClHO4/c1-4-23-19-12-8-9-13-20(19)26-21(23)15-14-18-16-10-6-7-11-17(16)22(25-3)24(18)5-2;2-1(3,4)5/h6-15H,4-5H2,1-3H3;(H,2,3,4,5)/q+1;/p-1. The molecule has 0 aliphatic carbocycles. The lowest BCUT2D eigenvalue weighted by Gasteiger charge is -2.17. The van der Waals surface area contributed by atoms with Crippen LogP contribution in [-0.2, 0) is 13.1 Å². The fraction of sp³-hybridized carbons (Fsp3) is 0.227. The van der Waals surface area contributed by atoms with E-state index in [0.29, 0.717) is 0 Å². The highest BCUT2D eigenvalue weighted by atomic mass is 35.7. The Morgan fingerprint density at radius 1 is 0.968 bits per heavy atom. The molecule has 31 heavy (non-hydrogen) atoms. The van der Waals surface area contributed by atoms with Crippen LogP contribution in [-0.4, -0.2) is 11.7 Å². The Morgan fingerprint density at radius 2 is 1.58 bits per heavy atom. The summed E-state index contributed by atoms with van der Waals surface area (Å²) in [7, 11) is -3.20. The van der Waals surface area contributed by atoms with Crippen LogP contribution in [0.5, 0.6) is 5.88 Å². The van der Waals surface area contributed by atoms with Crippen LogP contribution in [0.2, 0.25) is 0 Å². The summed E-state index contributed by atoms with van der Waals surface area (Å²) in [5, 5.41) is 3.66. The van der Waals surface area contributed by atoms with Crippen molar-refractivity contribution in [3.8, 4) is 5.88 Å². The molecule has 0 saturated carbocycles. The Labute approximate surface area is 186 Å². The number of benzene rings is 2. The zero-order valence-corrected chi connectivity index (χ0v) is 19.0. The number of ether oxygens (including phenoxy) is 1. The first-order valence-electron chi connectivity index (χ1n) is 9.64. The second-order valence-electron chi connectivity index (χ2n) is 6.55. The molecule has 0 fully saturated rings. The molecule has 2 heterocycles. The molecular weight excluding hydrogens is 440 g/mol. The van der Waals surface area contributed by atoms with E-state index in [1.807, 2.05) is 11.3 Å². The van der Waals surface area contributed by atoms with Crippen molar-refractivity contribution in [2.24, 2.45) is 0 Å². The van der Waals surface area contributed by atoms with Gasteiger partial charge in [0, 0.05) is 29.5 Å². The Bertz CT molecular complexity index is 1200. The highest BCUT2D eigenvalue weighted by Gasteiger charge is 2.18. The average molecular weight is 463 g/mol. The van der Waals surface area contributed by atoms with Gasteiger partial charge >= 0.3 is 0 Å². The molecule has 9 heteroatoms. The van der Waals surface area contributed by atoms with E-state index in [1.54, 1.807) is 7.11 Å². The second kappa shape index (κ2) is 9.78. The Balaban J connectivity index is 0.000000491. The van der Waals surface area contributed by atoms with Crippen molar-refractivity contribution in [3.05, 3.63) is 59.2 Å². The van der Waals surface area contributed by atoms with E-state index in [9.17, 15) is 0 Å². The predicted molar refractivity (Wildman–Crippen MR) is 111 cm³/mol. The smallest absolute Gasteiger partial charge is 0.262 e. The number of methoxy groups -OCH3 is 1. The van der Waals surface area contributed by atoms with Gasteiger partial charge in [-0.05, 0) is 32.1 Å². The maximum Gasteiger partial charge on any atom is 0.262 e. The average Bonchev–Trinajstić information content (AvgIpc) is 3.25. The Morgan fingerprint density at radius 3 is 2.19 bits per heavy atom. The zero-order valence-electron chi connectivity index (χ0n) is 17.4. The van der Waals surface area contributed by atoms with E-state index in [1.165, 1.54) is 26.3 Å². The molecule has 2 aromatic carbocycles. The molecule has 0 amide bonds. The third kappa shape index (κ3) is 5.24. The molecule has 0 unspecified atom stereocenters. The quantitative estimate of drug-likeness (QED) is 0.403. The molecule has 4 rings (SSSR count). The van der Waals surface area contributed by atoms with E-state index in [-0.39, 0.29) is 0 Å². The minimum atomic E-state index is -4.94. The molecule has 0 aliphatic rings. The van der Waals surface area contributed by atoms with Gasteiger partial charge in [0.15, 0.2) is 0 Å². The fourth-order valence-corrected chi connectivity index (χ4v) is 4.79. The van der Waals surface area contributed by atoms with Crippen molar-refractivity contribution in [2.75, 3.05) is 7.11 Å². The van der Waals surface area contributed by atoms with Gasteiger partial charge in [-0.25, -0.2) is 18.6 Å². The SMILES string of the molecule is CCn1c(/C=C/c2sc3ccccc3[n+]2CC)c2ccccc2c1OC.[O-][Cl+3]([O-])([O-])[O-]. The predicted octanol–water partition coefficient (Wildman–Crippen LogP) is 0.606. The molecular formula is C22H23ClN2O5S. The molecule has 0 N–H and O–H groups in total. The zero-order chi connectivity index (χ0) is 22.6. The van der Waals surface area contributed by atoms with Crippen molar-refractivity contribution in [1.82, 2.24) is 4.57 Å². The van der Waals surface area contributed by atoms with E-state index in [2.05, 4.69) is 83.7 Å². The lowest BCUT2D eigenvalue weighted by atomic mass is 10.2. The van der Waals surface area contributed by atoms with Crippen LogP contribution in [0.25, 0.3) is 33.1 Å². The summed E-state index contributed by atoms with van der Waals surface area (Å²) in [5.41, 5.74) is 2.49. The Kier molecular flexibility index (Phi) is 7.32. The number of rotatable bonds is 5. The van der Waals surface area contributed by atoms with E-state index < -0.39 is 10.2 Å². The van der Waals surface area contributed by atoms with Gasteiger partial charge in [-0.2, -0.15) is 4.57 Å². The highest BCUT2D eigenvalue weighted by Crippen LogP contribution is 2.33. The normalized spacial score (nSPS) is 11.8. The van der Waals surface area contributed by atoms with Crippen LogP contribution in [0, 0.1) is 10.2 Å². The minimum absolute atomic E-state index is 0.873. The summed E-state index contributed by atoms with van der Waals surface area (Å²) < 4.78 is 45.6. The van der Waals surface area contributed by atoms with Crippen LogP contribution >= 0.6 is 11.3 Å². The number of para-hydroxylation sites is 1. The molecule has 0 bridgehead atoms. The number of fused-ring (bicyclic) bond motifs is 2. The molecule has 7 nitrogen and oxygen atoms in total. The summed E-state index contributed by atoms with van der Waals surface area (Å²) in [5.74, 6) is 0.933. The number of aromatic nitrogens is 2. The van der Waals surface area contributed by atoms with E-state index in [4.69, 9.17) is 23.4 Å². The van der Waals surface area contributed by atoms with Gasteiger partial charge in [0.05, 0.1) is 12.8 Å². The van der Waals surface area contributed by atoms with Gasteiger partial charge in [-0.15, -0.1) is 10.2 Å². The maximum atomic E-state index is 8.49. The molecule has 0 saturated heterocycles. The third-order valence-electron chi connectivity index (χ3n) is 4.82. The third-order valence-corrected chi connectivity index (χ3v) is 5.95. The molecule has 0 radical (unpaired) electrons. The summed E-state index contributed by atoms with van der Waals surface area (Å²) in [6.07, 6.45) is 4.47. The van der Waals surface area contributed by atoms with Gasteiger partial charge in [-0.1, -0.05) is 41.7 Å². The van der Waals surface area contributed by atoms with Crippen molar-refractivity contribution in [3.63, 3.8) is 0 Å². The number of hydrogen-bond donors (Lipinski definition) is 0. The molecule has 164 valence electrons. The fourth-order valence-electron chi connectivity index (χ4n) is 3.66. The molecule has 4 aromatic rings. The largest absolute Gasteiger partial charge is 0.482 e. The minimum Gasteiger partial charge on any atom is -0.482 e. The van der Waals surface area contributed by atoms with Crippen LogP contribution in [0.1, 0.15) is 24.5 Å². The second-order valence-corrected chi connectivity index (χ2v) is 8.37. The van der Waals surface area contributed by atoms with Crippen molar-refractivity contribution >= 4 is 44.5 Å². The first-order chi connectivity index (χ1) is 14.8. The summed E-state index contributed by atoms with van der Waals surface area (Å²) in [6, 6.07) is 17.0. The molecule has 0 aliphatic heterocycles. The van der Waals surface area contributed by atoms with Crippen LogP contribution in [0.3, 0.4) is 0 Å². The number of halogens is 1. The van der Waals surface area contributed by atoms with E-state index >= 15 is 0 Å². The number of nitrogens with zero attached hydrogens (tertiary/aromatic N) is 2. The van der Waals surface area contributed by atoms with Crippen LogP contribution in [0.15, 0.2) is 48.5 Å². The first kappa shape index (κ1) is 23.2. The Hall–Kier alpha value is -2.46. The topological polar surface area (TPSA) is 110 Å². The van der Waals surface area contributed by atoms with E-state index in [0.717, 1.165) is 24.4 Å². The van der Waals surface area contributed by atoms with Crippen LogP contribution in [0.4, 0.5) is 0 Å². The number of hydrogen-bond acceptors (Lipinski definition) is 6. The molecule has 0 spiro atoms. The summed E-state index contributed by atoms with van der Waals surface area (Å²) in [6.45, 7) is 6.19. The van der Waals surface area contributed by atoms with Gasteiger partial charge in [0.25, 0.3) is 5.01 Å².